The minimum absolute atomic E-state index is 0.165. The van der Waals surface area contributed by atoms with E-state index in [0.717, 1.165) is 16.6 Å². The number of aromatic nitrogens is 2. The van der Waals surface area contributed by atoms with Crippen molar-refractivity contribution in [2.24, 2.45) is 10.1 Å². The van der Waals surface area contributed by atoms with Gasteiger partial charge in [-0.3, -0.25) is 15.5 Å². The zero-order valence-corrected chi connectivity index (χ0v) is 18.4. The molecule has 0 saturated heterocycles. The highest BCUT2D eigenvalue weighted by Gasteiger charge is 2.14. The number of imidazole rings is 1. The predicted octanol–water partition coefficient (Wildman–Crippen LogP) is 4.95. The van der Waals surface area contributed by atoms with Crippen molar-refractivity contribution in [2.45, 2.75) is 6.92 Å². The molecule has 0 fully saturated rings. The van der Waals surface area contributed by atoms with Crippen LogP contribution in [-0.4, -0.2) is 32.0 Å². The summed E-state index contributed by atoms with van der Waals surface area (Å²) in [6.07, 6.45) is 1.28. The molecule has 3 N–H and O–H groups in total. The molecule has 32 heavy (non-hydrogen) atoms. The van der Waals surface area contributed by atoms with Crippen molar-refractivity contribution in [1.29, 1.82) is 0 Å². The first kappa shape index (κ1) is 21.2. The molecule has 0 bridgehead atoms. The fourth-order valence-corrected chi connectivity index (χ4v) is 3.38. The molecule has 4 aromatic rings. The van der Waals surface area contributed by atoms with Gasteiger partial charge in [-0.1, -0.05) is 29.8 Å². The second kappa shape index (κ2) is 8.98. The lowest BCUT2D eigenvalue weighted by Crippen LogP contribution is -2.20. The summed E-state index contributed by atoms with van der Waals surface area (Å²) in [5.74, 6) is 0.639. The number of phenols is 1. The molecule has 0 unspecified atom stereocenters. The Labute approximate surface area is 190 Å². The van der Waals surface area contributed by atoms with Crippen molar-refractivity contribution in [3.05, 3.63) is 92.2 Å². The first-order valence-corrected chi connectivity index (χ1v) is 10.3. The van der Waals surface area contributed by atoms with Crippen LogP contribution in [0.2, 0.25) is 0 Å². The van der Waals surface area contributed by atoms with Crippen molar-refractivity contribution in [3.63, 3.8) is 0 Å². The Morgan fingerprint density at radius 3 is 2.69 bits per heavy atom. The minimum Gasteiger partial charge on any atom is -0.506 e. The van der Waals surface area contributed by atoms with Gasteiger partial charge in [0.05, 0.1) is 32.3 Å². The summed E-state index contributed by atoms with van der Waals surface area (Å²) in [7, 11) is 0. The van der Waals surface area contributed by atoms with Crippen LogP contribution in [0, 0.1) is 17.0 Å². The van der Waals surface area contributed by atoms with Crippen LogP contribution in [0.3, 0.4) is 0 Å². The number of benzene rings is 3. The summed E-state index contributed by atoms with van der Waals surface area (Å²) >= 11 is 3.12. The van der Waals surface area contributed by atoms with E-state index in [9.17, 15) is 15.2 Å². The number of nitro groups is 1. The molecule has 0 saturated carbocycles. The van der Waals surface area contributed by atoms with Gasteiger partial charge in [0.15, 0.2) is 11.7 Å². The van der Waals surface area contributed by atoms with Crippen LogP contribution in [0.5, 0.6) is 5.75 Å². The number of hydrazone groups is 1. The molecule has 9 nitrogen and oxygen atoms in total. The van der Waals surface area contributed by atoms with E-state index in [4.69, 9.17) is 0 Å². The van der Waals surface area contributed by atoms with Crippen LogP contribution in [0.1, 0.15) is 17.0 Å². The zero-order chi connectivity index (χ0) is 22.7. The largest absolute Gasteiger partial charge is 0.506 e. The molecular formula is C22H17BrN6O3. The first-order valence-electron chi connectivity index (χ1n) is 9.47. The van der Waals surface area contributed by atoms with Crippen LogP contribution in [0.15, 0.2) is 75.2 Å². The second-order valence-corrected chi connectivity index (χ2v) is 7.75. The van der Waals surface area contributed by atoms with E-state index < -0.39 is 4.92 Å². The fourth-order valence-electron chi connectivity index (χ4n) is 2.92. The van der Waals surface area contributed by atoms with E-state index in [-0.39, 0.29) is 21.5 Å². The number of aliphatic imine (C=N–C) groups is 1. The van der Waals surface area contributed by atoms with Crippen molar-refractivity contribution in [3.8, 4) is 5.75 Å². The second-order valence-electron chi connectivity index (χ2n) is 6.89. The number of rotatable bonds is 5. The molecular weight excluding hydrogens is 476 g/mol. The van der Waals surface area contributed by atoms with E-state index >= 15 is 0 Å². The number of hydrogen-bond donors (Lipinski definition) is 3. The number of amidine groups is 1. The van der Waals surface area contributed by atoms with Crippen molar-refractivity contribution < 1.29 is 10.0 Å². The van der Waals surface area contributed by atoms with Crippen LogP contribution < -0.4 is 5.43 Å². The third-order valence-electron chi connectivity index (χ3n) is 4.55. The number of halogens is 1. The SMILES string of the molecule is Cc1ccc(N=C(N/N=C/c2cc([N+](=O)[O-])cc(Br)c2O)c2nc3ccccc3[nH]2)cc1. The number of para-hydroxylation sites is 2. The number of fused-ring (bicyclic) bond motifs is 1. The lowest BCUT2D eigenvalue weighted by molar-refractivity contribution is -0.385. The number of non-ortho nitro benzene ring substituents is 1. The maximum Gasteiger partial charge on any atom is 0.271 e. The van der Waals surface area contributed by atoms with Gasteiger partial charge in [0.2, 0.25) is 0 Å². The highest BCUT2D eigenvalue weighted by atomic mass is 79.9. The highest BCUT2D eigenvalue weighted by Crippen LogP contribution is 2.31. The number of aromatic hydroxyl groups is 1. The molecule has 0 amide bonds. The Bertz CT molecular complexity index is 1330. The Morgan fingerprint density at radius 2 is 1.97 bits per heavy atom. The van der Waals surface area contributed by atoms with Crippen LogP contribution in [0.25, 0.3) is 11.0 Å². The number of aryl methyl sites for hydroxylation is 1. The van der Waals surface area contributed by atoms with E-state index in [1.807, 2.05) is 55.5 Å². The van der Waals surface area contributed by atoms with Crippen LogP contribution >= 0.6 is 15.9 Å². The number of phenolic OH excluding ortho intramolecular Hbond substituents is 1. The van der Waals surface area contributed by atoms with Gasteiger partial charge in [0.25, 0.3) is 5.69 Å². The molecule has 0 aliphatic heterocycles. The summed E-state index contributed by atoms with van der Waals surface area (Å²) in [5.41, 5.74) is 6.22. The molecule has 0 spiro atoms. The number of hydrogen-bond acceptors (Lipinski definition) is 6. The molecule has 0 aliphatic carbocycles. The normalized spacial score (nSPS) is 11.9. The van der Waals surface area contributed by atoms with Gasteiger partial charge in [0.1, 0.15) is 5.75 Å². The fraction of sp³-hybridized carbons (Fsp3) is 0.0455. The highest BCUT2D eigenvalue weighted by molar-refractivity contribution is 9.10. The van der Waals surface area contributed by atoms with Crippen molar-refractivity contribution >= 4 is 50.4 Å². The third-order valence-corrected chi connectivity index (χ3v) is 5.16. The third kappa shape index (κ3) is 4.65. The van der Waals surface area contributed by atoms with Gasteiger partial charge in [-0.25, -0.2) is 9.98 Å². The smallest absolute Gasteiger partial charge is 0.271 e. The number of aromatic amines is 1. The van der Waals surface area contributed by atoms with E-state index in [1.54, 1.807) is 0 Å². The topological polar surface area (TPSA) is 129 Å². The van der Waals surface area contributed by atoms with Crippen LogP contribution in [-0.2, 0) is 0 Å². The molecule has 0 radical (unpaired) electrons. The lowest BCUT2D eigenvalue weighted by atomic mass is 10.2. The molecule has 3 aromatic carbocycles. The van der Waals surface area contributed by atoms with Gasteiger partial charge in [0, 0.05) is 17.7 Å². The molecule has 160 valence electrons. The monoisotopic (exact) mass is 492 g/mol. The Kier molecular flexibility index (Phi) is 5.95. The summed E-state index contributed by atoms with van der Waals surface area (Å²) in [5, 5.41) is 25.4. The average Bonchev–Trinajstić information content (AvgIpc) is 3.21. The van der Waals surface area contributed by atoms with E-state index in [2.05, 4.69) is 41.4 Å². The number of nitrogens with one attached hydrogen (secondary N) is 2. The van der Waals surface area contributed by atoms with Crippen molar-refractivity contribution in [2.75, 3.05) is 0 Å². The van der Waals surface area contributed by atoms with Gasteiger partial charge in [-0.15, -0.1) is 0 Å². The summed E-state index contributed by atoms with van der Waals surface area (Å²) < 4.78 is 0.194. The Hall–Kier alpha value is -4.05. The predicted molar refractivity (Wildman–Crippen MR) is 127 cm³/mol. The number of nitrogens with zero attached hydrogens (tertiary/aromatic N) is 4. The molecule has 0 aliphatic rings. The summed E-state index contributed by atoms with van der Waals surface area (Å²) in [6.45, 7) is 1.99. The van der Waals surface area contributed by atoms with Gasteiger partial charge < -0.3 is 10.1 Å². The maximum absolute atomic E-state index is 11.1. The Balaban J connectivity index is 1.70. The quantitative estimate of drug-likeness (QED) is 0.157. The van der Waals surface area contributed by atoms with E-state index in [0.29, 0.717) is 17.3 Å². The van der Waals surface area contributed by atoms with E-state index in [1.165, 1.54) is 18.3 Å². The van der Waals surface area contributed by atoms with Gasteiger partial charge >= 0.3 is 0 Å². The lowest BCUT2D eigenvalue weighted by Gasteiger charge is -2.05. The standard InChI is InChI=1S/C22H17BrN6O3/c1-13-6-8-15(9-7-13)25-22(21-26-18-4-2-3-5-19(18)27-21)28-24-12-14-10-16(29(31)32)11-17(23)20(14)30/h2-12,30H,1H3,(H,25,28)(H,26,27)/b24-12+. The number of H-pyrrole nitrogens is 1. The molecule has 4 rings (SSSR count). The molecule has 1 heterocycles. The molecule has 1 aromatic heterocycles. The van der Waals surface area contributed by atoms with Crippen LogP contribution in [0.4, 0.5) is 11.4 Å². The first-order chi connectivity index (χ1) is 15.4. The zero-order valence-electron chi connectivity index (χ0n) is 16.8. The van der Waals surface area contributed by atoms with Gasteiger partial charge in [-0.2, -0.15) is 5.10 Å². The maximum atomic E-state index is 11.1. The summed E-state index contributed by atoms with van der Waals surface area (Å²) in [6, 6.07) is 17.6. The summed E-state index contributed by atoms with van der Waals surface area (Å²) in [4.78, 5) is 22.9. The minimum atomic E-state index is -0.548. The van der Waals surface area contributed by atoms with Crippen molar-refractivity contribution in [1.82, 2.24) is 15.4 Å². The molecule has 0 atom stereocenters. The number of nitro benzene ring substituents is 1. The van der Waals surface area contributed by atoms with Gasteiger partial charge in [-0.05, 0) is 47.1 Å². The Morgan fingerprint density at radius 1 is 1.22 bits per heavy atom. The molecule has 10 heteroatoms. The average molecular weight is 493 g/mol.